The molecule has 1 atom stereocenters. The number of anilines is 1. The van der Waals surface area contributed by atoms with Crippen molar-refractivity contribution in [2.75, 3.05) is 24.5 Å². The molecule has 1 aliphatic rings. The lowest BCUT2D eigenvalue weighted by Gasteiger charge is -2.20. The first kappa shape index (κ1) is 23.1. The maximum atomic E-state index is 12.2. The standard InChI is InChI=1S/C26H28ClN3O3/c1-2-18-13-22(26(32)33)25(31)29-24(18)19-7-9-21(10-8-19)30-12-11-17(16-30)14-28-15-20-5-3-4-6-23(20)27/h3-10,13,17,28H,2,11-12,14-16H2,1H3,(H,29,31)(H,32,33). The topological polar surface area (TPSA) is 85.4 Å². The highest BCUT2D eigenvalue weighted by molar-refractivity contribution is 6.31. The van der Waals surface area contributed by atoms with E-state index in [0.717, 1.165) is 60.0 Å². The second kappa shape index (κ2) is 10.2. The number of pyridine rings is 1. The number of aromatic amines is 1. The molecular weight excluding hydrogens is 438 g/mol. The third-order valence-corrected chi connectivity index (χ3v) is 6.62. The molecule has 4 rings (SSSR count). The Hall–Kier alpha value is -3.09. The first-order valence-corrected chi connectivity index (χ1v) is 11.6. The van der Waals surface area contributed by atoms with E-state index in [1.807, 2.05) is 43.3 Å². The van der Waals surface area contributed by atoms with E-state index in [4.69, 9.17) is 11.6 Å². The molecule has 0 saturated carbocycles. The minimum atomic E-state index is -1.21. The summed E-state index contributed by atoms with van der Waals surface area (Å²) in [4.78, 5) is 28.6. The quantitative estimate of drug-likeness (QED) is 0.453. The summed E-state index contributed by atoms with van der Waals surface area (Å²) >= 11 is 6.24. The highest BCUT2D eigenvalue weighted by Gasteiger charge is 2.22. The predicted octanol–water partition coefficient (Wildman–Crippen LogP) is 4.57. The van der Waals surface area contributed by atoms with Crippen LogP contribution in [0.2, 0.25) is 5.02 Å². The van der Waals surface area contributed by atoms with Gasteiger partial charge in [-0.05, 0) is 59.7 Å². The molecule has 3 aromatic rings. The van der Waals surface area contributed by atoms with E-state index >= 15 is 0 Å². The molecule has 0 radical (unpaired) electrons. The zero-order valence-electron chi connectivity index (χ0n) is 18.6. The minimum absolute atomic E-state index is 0.224. The van der Waals surface area contributed by atoms with Crippen LogP contribution in [0.4, 0.5) is 5.69 Å². The lowest BCUT2D eigenvalue weighted by atomic mass is 10.0. The van der Waals surface area contributed by atoms with Gasteiger partial charge in [0.05, 0.1) is 5.69 Å². The average Bonchev–Trinajstić information content (AvgIpc) is 3.29. The number of aromatic carboxylic acids is 1. The van der Waals surface area contributed by atoms with Gasteiger partial charge in [0.2, 0.25) is 0 Å². The van der Waals surface area contributed by atoms with Crippen molar-refractivity contribution in [3.63, 3.8) is 0 Å². The SMILES string of the molecule is CCc1cc(C(=O)O)c(=O)[nH]c1-c1ccc(N2CCC(CNCc3ccccc3Cl)C2)cc1. The van der Waals surface area contributed by atoms with E-state index in [2.05, 4.69) is 27.3 Å². The number of halogens is 1. The van der Waals surface area contributed by atoms with E-state index in [1.165, 1.54) is 6.07 Å². The smallest absolute Gasteiger partial charge is 0.341 e. The third kappa shape index (κ3) is 5.29. The van der Waals surface area contributed by atoms with Crippen molar-refractivity contribution in [3.05, 3.63) is 86.7 Å². The van der Waals surface area contributed by atoms with Crippen LogP contribution in [-0.4, -0.2) is 35.7 Å². The number of H-pyrrole nitrogens is 1. The number of hydrogen-bond donors (Lipinski definition) is 3. The monoisotopic (exact) mass is 465 g/mol. The molecule has 1 saturated heterocycles. The third-order valence-electron chi connectivity index (χ3n) is 6.25. The number of hydrogen-bond acceptors (Lipinski definition) is 4. The summed E-state index contributed by atoms with van der Waals surface area (Å²) in [6, 6.07) is 17.5. The number of carbonyl (C=O) groups is 1. The number of carboxylic acid groups (broad SMARTS) is 1. The molecule has 0 aliphatic carbocycles. The van der Waals surface area contributed by atoms with Gasteiger partial charge in [-0.1, -0.05) is 48.9 Å². The summed E-state index contributed by atoms with van der Waals surface area (Å²) < 4.78 is 0. The van der Waals surface area contributed by atoms with Crippen LogP contribution in [0.15, 0.2) is 59.4 Å². The normalized spacial score (nSPS) is 15.7. The molecule has 33 heavy (non-hydrogen) atoms. The van der Waals surface area contributed by atoms with Gasteiger partial charge in [0.1, 0.15) is 5.56 Å². The molecule has 0 amide bonds. The number of rotatable bonds is 8. The summed E-state index contributed by atoms with van der Waals surface area (Å²) in [7, 11) is 0. The van der Waals surface area contributed by atoms with Gasteiger partial charge in [0.15, 0.2) is 0 Å². The van der Waals surface area contributed by atoms with E-state index < -0.39 is 11.5 Å². The molecule has 7 heteroatoms. The summed E-state index contributed by atoms with van der Waals surface area (Å²) in [6.07, 6.45) is 1.75. The fourth-order valence-corrected chi connectivity index (χ4v) is 4.60. The van der Waals surface area contributed by atoms with Gasteiger partial charge in [-0.25, -0.2) is 4.79 Å². The summed E-state index contributed by atoms with van der Waals surface area (Å²) in [6.45, 7) is 5.64. The fraction of sp³-hybridized carbons (Fsp3) is 0.308. The number of carboxylic acids is 1. The molecule has 0 bridgehead atoms. The van der Waals surface area contributed by atoms with Crippen molar-refractivity contribution in [3.8, 4) is 11.3 Å². The van der Waals surface area contributed by atoms with E-state index in [0.29, 0.717) is 18.0 Å². The van der Waals surface area contributed by atoms with Gasteiger partial charge < -0.3 is 20.3 Å². The molecule has 3 N–H and O–H groups in total. The Labute approximate surface area is 198 Å². The average molecular weight is 466 g/mol. The number of nitrogens with zero attached hydrogens (tertiary/aromatic N) is 1. The Bertz CT molecular complexity index is 1190. The van der Waals surface area contributed by atoms with Crippen molar-refractivity contribution in [1.29, 1.82) is 0 Å². The van der Waals surface area contributed by atoms with Crippen molar-refractivity contribution in [2.45, 2.75) is 26.3 Å². The van der Waals surface area contributed by atoms with Crippen LogP contribution in [-0.2, 0) is 13.0 Å². The van der Waals surface area contributed by atoms with Crippen molar-refractivity contribution >= 4 is 23.3 Å². The molecule has 1 unspecified atom stereocenters. The molecule has 6 nitrogen and oxygen atoms in total. The Morgan fingerprint density at radius 3 is 2.64 bits per heavy atom. The van der Waals surface area contributed by atoms with Gasteiger partial charge in [0, 0.05) is 36.9 Å². The van der Waals surface area contributed by atoms with Gasteiger partial charge in [-0.3, -0.25) is 4.79 Å². The lowest BCUT2D eigenvalue weighted by Crippen LogP contribution is -2.26. The van der Waals surface area contributed by atoms with Gasteiger partial charge in [-0.15, -0.1) is 0 Å². The molecule has 2 heterocycles. The first-order chi connectivity index (χ1) is 16.0. The second-order valence-corrected chi connectivity index (χ2v) is 8.85. The van der Waals surface area contributed by atoms with Crippen LogP contribution in [0.3, 0.4) is 0 Å². The van der Waals surface area contributed by atoms with E-state index in [-0.39, 0.29) is 5.56 Å². The molecular formula is C26H28ClN3O3. The number of nitrogens with one attached hydrogen (secondary N) is 2. The van der Waals surface area contributed by atoms with Crippen LogP contribution in [0.5, 0.6) is 0 Å². The highest BCUT2D eigenvalue weighted by atomic mass is 35.5. The van der Waals surface area contributed by atoms with E-state index in [1.54, 1.807) is 0 Å². The van der Waals surface area contributed by atoms with Crippen molar-refractivity contribution < 1.29 is 9.90 Å². The molecule has 1 aromatic heterocycles. The van der Waals surface area contributed by atoms with Crippen LogP contribution >= 0.6 is 11.6 Å². The number of benzene rings is 2. The van der Waals surface area contributed by atoms with Crippen LogP contribution in [0, 0.1) is 5.92 Å². The molecule has 0 spiro atoms. The summed E-state index contributed by atoms with van der Waals surface area (Å²) in [5.41, 5.74) is 3.83. The van der Waals surface area contributed by atoms with Crippen molar-refractivity contribution in [2.24, 2.45) is 5.92 Å². The van der Waals surface area contributed by atoms with Crippen LogP contribution in [0.1, 0.15) is 34.8 Å². The zero-order chi connectivity index (χ0) is 23.4. The maximum Gasteiger partial charge on any atom is 0.341 e. The highest BCUT2D eigenvalue weighted by Crippen LogP contribution is 2.28. The largest absolute Gasteiger partial charge is 0.477 e. The first-order valence-electron chi connectivity index (χ1n) is 11.2. The van der Waals surface area contributed by atoms with Gasteiger partial charge in [0.25, 0.3) is 5.56 Å². The fourth-order valence-electron chi connectivity index (χ4n) is 4.39. The lowest BCUT2D eigenvalue weighted by molar-refractivity contribution is 0.0695. The molecule has 1 aliphatic heterocycles. The van der Waals surface area contributed by atoms with Crippen LogP contribution < -0.4 is 15.8 Å². The number of aryl methyl sites for hydroxylation is 1. The maximum absolute atomic E-state index is 12.2. The summed E-state index contributed by atoms with van der Waals surface area (Å²) in [5.74, 6) is -0.642. The minimum Gasteiger partial charge on any atom is -0.477 e. The Kier molecular flexibility index (Phi) is 7.16. The number of aromatic nitrogens is 1. The van der Waals surface area contributed by atoms with Gasteiger partial charge in [-0.2, -0.15) is 0 Å². The Balaban J connectivity index is 1.39. The molecule has 1 fully saturated rings. The zero-order valence-corrected chi connectivity index (χ0v) is 19.4. The Morgan fingerprint density at radius 2 is 1.94 bits per heavy atom. The molecule has 2 aromatic carbocycles. The van der Waals surface area contributed by atoms with Gasteiger partial charge >= 0.3 is 5.97 Å². The van der Waals surface area contributed by atoms with Crippen molar-refractivity contribution in [1.82, 2.24) is 10.3 Å². The second-order valence-electron chi connectivity index (χ2n) is 8.44. The van der Waals surface area contributed by atoms with Crippen LogP contribution in [0.25, 0.3) is 11.3 Å². The predicted molar refractivity (Wildman–Crippen MR) is 132 cm³/mol. The Morgan fingerprint density at radius 1 is 1.18 bits per heavy atom. The van der Waals surface area contributed by atoms with E-state index in [9.17, 15) is 14.7 Å². The summed E-state index contributed by atoms with van der Waals surface area (Å²) in [5, 5.41) is 13.5. The molecule has 172 valence electrons.